The molecule has 1 aliphatic rings. The molecule has 1 fully saturated rings. The first-order valence-electron chi connectivity index (χ1n) is 8.89. The summed E-state index contributed by atoms with van der Waals surface area (Å²) >= 11 is 0. The molecule has 4 N–H and O–H groups in total. The van der Waals surface area contributed by atoms with Crippen molar-refractivity contribution in [3.8, 4) is 0 Å². The van der Waals surface area contributed by atoms with E-state index in [1.54, 1.807) is 13.0 Å². The lowest BCUT2D eigenvalue weighted by molar-refractivity contribution is 0.0996. The van der Waals surface area contributed by atoms with Gasteiger partial charge in [0.1, 0.15) is 0 Å². The van der Waals surface area contributed by atoms with Crippen LogP contribution in [0.15, 0.2) is 36.5 Å². The molecule has 0 atom stereocenters. The molecule has 1 aromatic heterocycles. The van der Waals surface area contributed by atoms with Crippen LogP contribution in [-0.2, 0) is 6.42 Å². The van der Waals surface area contributed by atoms with Gasteiger partial charge in [-0.1, -0.05) is 18.2 Å². The van der Waals surface area contributed by atoms with Gasteiger partial charge in [-0.15, -0.1) is 0 Å². The summed E-state index contributed by atoms with van der Waals surface area (Å²) in [5, 5.41) is 6.78. The first-order valence-corrected chi connectivity index (χ1v) is 8.89. The van der Waals surface area contributed by atoms with Crippen LogP contribution in [0.5, 0.6) is 0 Å². The summed E-state index contributed by atoms with van der Waals surface area (Å²) in [7, 11) is 0. The highest BCUT2D eigenvalue weighted by molar-refractivity contribution is 5.98. The minimum Gasteiger partial charge on any atom is -0.381 e. The zero-order chi connectivity index (χ0) is 18.5. The summed E-state index contributed by atoms with van der Waals surface area (Å²) in [4.78, 5) is 27.7. The first kappa shape index (κ1) is 18.1. The predicted octanol–water partition coefficient (Wildman–Crippen LogP) is 2.14. The largest absolute Gasteiger partial charge is 0.381 e. The predicted molar refractivity (Wildman–Crippen MR) is 102 cm³/mol. The van der Waals surface area contributed by atoms with Crippen molar-refractivity contribution in [2.45, 2.75) is 32.2 Å². The molecule has 1 amide bonds. The van der Waals surface area contributed by atoms with Crippen LogP contribution in [0.3, 0.4) is 0 Å². The van der Waals surface area contributed by atoms with E-state index in [9.17, 15) is 9.59 Å². The van der Waals surface area contributed by atoms with Gasteiger partial charge in [-0.25, -0.2) is 0 Å². The van der Waals surface area contributed by atoms with E-state index in [4.69, 9.17) is 5.73 Å². The van der Waals surface area contributed by atoms with Crippen LogP contribution in [-0.4, -0.2) is 35.8 Å². The molecular formula is C20H24N4O2. The van der Waals surface area contributed by atoms with Gasteiger partial charge in [0.05, 0.1) is 11.3 Å². The molecule has 0 saturated carbocycles. The van der Waals surface area contributed by atoms with E-state index in [-0.39, 0.29) is 5.78 Å². The van der Waals surface area contributed by atoms with Gasteiger partial charge < -0.3 is 16.4 Å². The van der Waals surface area contributed by atoms with Crippen LogP contribution in [0.1, 0.15) is 51.7 Å². The van der Waals surface area contributed by atoms with Crippen molar-refractivity contribution >= 4 is 17.4 Å². The summed E-state index contributed by atoms with van der Waals surface area (Å²) in [5.74, 6) is -0.448. The molecule has 0 spiro atoms. The van der Waals surface area contributed by atoms with Crippen LogP contribution in [0, 0.1) is 0 Å². The summed E-state index contributed by atoms with van der Waals surface area (Å²) in [6, 6.07) is 9.73. The Morgan fingerprint density at radius 2 is 2.04 bits per heavy atom. The van der Waals surface area contributed by atoms with Crippen molar-refractivity contribution in [1.82, 2.24) is 10.3 Å². The van der Waals surface area contributed by atoms with Gasteiger partial charge >= 0.3 is 0 Å². The number of nitrogens with two attached hydrogens (primary N) is 1. The number of nitrogens with one attached hydrogen (secondary N) is 2. The number of Topliss-reactive ketones (excluding diaryl/α,β-unsaturated/α-hetero) is 1. The highest BCUT2D eigenvalue weighted by Gasteiger charge is 2.17. The molecule has 136 valence electrons. The number of piperidine rings is 1. The lowest BCUT2D eigenvalue weighted by Crippen LogP contribution is -2.35. The second kappa shape index (κ2) is 8.10. The lowest BCUT2D eigenvalue weighted by atomic mass is 10.0. The summed E-state index contributed by atoms with van der Waals surface area (Å²) in [6.07, 6.45) is 4.12. The molecular weight excluding hydrogens is 328 g/mol. The Bertz CT molecular complexity index is 813. The maximum absolute atomic E-state index is 11.7. The Morgan fingerprint density at radius 1 is 1.27 bits per heavy atom. The third-order valence-corrected chi connectivity index (χ3v) is 4.64. The number of benzene rings is 1. The summed E-state index contributed by atoms with van der Waals surface area (Å²) in [6.45, 7) is 3.47. The Hall–Kier alpha value is -2.73. The van der Waals surface area contributed by atoms with E-state index < -0.39 is 5.91 Å². The number of aromatic nitrogens is 1. The molecule has 0 aliphatic carbocycles. The number of hydrogen-bond acceptors (Lipinski definition) is 5. The second-order valence-electron chi connectivity index (χ2n) is 6.69. The Balaban J connectivity index is 1.83. The van der Waals surface area contributed by atoms with E-state index >= 15 is 0 Å². The number of hydrogen-bond donors (Lipinski definition) is 3. The quantitative estimate of drug-likeness (QED) is 0.692. The van der Waals surface area contributed by atoms with Crippen LogP contribution in [0.4, 0.5) is 5.69 Å². The van der Waals surface area contributed by atoms with Gasteiger partial charge in [-0.2, -0.15) is 0 Å². The molecule has 0 bridgehead atoms. The third-order valence-electron chi connectivity index (χ3n) is 4.64. The van der Waals surface area contributed by atoms with Crippen molar-refractivity contribution in [3.63, 3.8) is 0 Å². The Labute approximate surface area is 153 Å². The molecule has 2 heterocycles. The highest BCUT2D eigenvalue weighted by atomic mass is 16.1. The van der Waals surface area contributed by atoms with Crippen molar-refractivity contribution < 1.29 is 9.59 Å². The fourth-order valence-corrected chi connectivity index (χ4v) is 3.21. The van der Waals surface area contributed by atoms with E-state index in [0.29, 0.717) is 23.6 Å². The van der Waals surface area contributed by atoms with Crippen molar-refractivity contribution in [1.29, 1.82) is 0 Å². The van der Waals surface area contributed by atoms with Crippen LogP contribution in [0.25, 0.3) is 0 Å². The number of carbonyl (C=O) groups is 2. The van der Waals surface area contributed by atoms with Crippen LogP contribution >= 0.6 is 0 Å². The van der Waals surface area contributed by atoms with E-state index in [1.165, 1.54) is 6.20 Å². The monoisotopic (exact) mass is 352 g/mol. The standard InChI is InChI=1S/C20H24N4O2/c1-13(25)15-4-2-3-14(9-15)10-17-11-19(18(12-23-17)20(21)26)24-16-5-7-22-8-6-16/h2-4,9,11-12,16,22H,5-8,10H2,1H3,(H2,21,26)(H,23,24). The molecule has 6 nitrogen and oxygen atoms in total. The van der Waals surface area contributed by atoms with Gasteiger partial charge in [-0.05, 0) is 50.6 Å². The SMILES string of the molecule is CC(=O)c1cccc(Cc2cc(NC3CCNCC3)c(C(N)=O)cn2)c1. The molecule has 1 aliphatic heterocycles. The average Bonchev–Trinajstić information content (AvgIpc) is 2.63. The molecule has 6 heteroatoms. The number of nitrogens with zero attached hydrogens (tertiary/aromatic N) is 1. The molecule has 3 rings (SSSR count). The number of amides is 1. The molecule has 26 heavy (non-hydrogen) atoms. The molecule has 0 radical (unpaired) electrons. The Morgan fingerprint density at radius 3 is 2.73 bits per heavy atom. The fraction of sp³-hybridized carbons (Fsp3) is 0.350. The Kier molecular flexibility index (Phi) is 5.63. The van der Waals surface area contributed by atoms with Gasteiger partial charge in [0, 0.05) is 29.9 Å². The minimum atomic E-state index is -0.487. The van der Waals surface area contributed by atoms with Crippen molar-refractivity contribution in [2.75, 3.05) is 18.4 Å². The fourth-order valence-electron chi connectivity index (χ4n) is 3.21. The maximum Gasteiger partial charge on any atom is 0.252 e. The third kappa shape index (κ3) is 4.46. The smallest absolute Gasteiger partial charge is 0.252 e. The number of rotatable bonds is 6. The number of anilines is 1. The van der Waals surface area contributed by atoms with Gasteiger partial charge in [-0.3, -0.25) is 14.6 Å². The average molecular weight is 352 g/mol. The second-order valence-corrected chi connectivity index (χ2v) is 6.69. The van der Waals surface area contributed by atoms with E-state index in [2.05, 4.69) is 15.6 Å². The molecule has 1 aromatic carbocycles. The normalized spacial score (nSPS) is 14.8. The summed E-state index contributed by atoms with van der Waals surface area (Å²) < 4.78 is 0. The zero-order valence-electron chi connectivity index (χ0n) is 14.9. The van der Waals surface area contributed by atoms with Gasteiger partial charge in [0.2, 0.25) is 0 Å². The first-order chi connectivity index (χ1) is 12.5. The van der Waals surface area contributed by atoms with Crippen LogP contribution in [0.2, 0.25) is 0 Å². The van der Waals surface area contributed by atoms with E-state index in [1.807, 2.05) is 24.3 Å². The molecule has 2 aromatic rings. The highest BCUT2D eigenvalue weighted by Crippen LogP contribution is 2.21. The minimum absolute atomic E-state index is 0.0390. The number of ketones is 1. The number of pyridine rings is 1. The zero-order valence-corrected chi connectivity index (χ0v) is 14.9. The van der Waals surface area contributed by atoms with E-state index in [0.717, 1.165) is 42.9 Å². The van der Waals surface area contributed by atoms with Gasteiger partial charge in [0.15, 0.2) is 5.78 Å². The topological polar surface area (TPSA) is 97.1 Å². The summed E-state index contributed by atoms with van der Waals surface area (Å²) in [5.41, 5.74) is 9.16. The lowest BCUT2D eigenvalue weighted by Gasteiger charge is -2.25. The van der Waals surface area contributed by atoms with Crippen LogP contribution < -0.4 is 16.4 Å². The molecule has 0 unspecified atom stereocenters. The van der Waals surface area contributed by atoms with Crippen molar-refractivity contribution in [2.24, 2.45) is 5.73 Å². The number of carbonyl (C=O) groups excluding carboxylic acids is 2. The molecule has 1 saturated heterocycles. The van der Waals surface area contributed by atoms with Crippen molar-refractivity contribution in [3.05, 3.63) is 58.9 Å². The number of primary amides is 1. The van der Waals surface area contributed by atoms with Gasteiger partial charge in [0.25, 0.3) is 5.91 Å². The maximum atomic E-state index is 11.7.